The van der Waals surface area contributed by atoms with Gasteiger partial charge < -0.3 is 9.80 Å². The van der Waals surface area contributed by atoms with Crippen LogP contribution in [0.4, 0.5) is 0 Å². The second kappa shape index (κ2) is 9.60. The molecule has 6 nitrogen and oxygen atoms in total. The number of hydrogen-bond donors (Lipinski definition) is 1. The summed E-state index contributed by atoms with van der Waals surface area (Å²) in [5, 5.41) is 6.65. The third-order valence-corrected chi connectivity index (χ3v) is 5.77. The van der Waals surface area contributed by atoms with Crippen molar-refractivity contribution in [2.75, 3.05) is 26.2 Å². The largest absolute Gasteiger partial charge is 0.341 e. The Morgan fingerprint density at radius 1 is 1.06 bits per heavy atom. The molecular formula is C25H28N4O2. The summed E-state index contributed by atoms with van der Waals surface area (Å²) in [5.74, 6) is -0.245. The monoisotopic (exact) mass is 416 g/mol. The van der Waals surface area contributed by atoms with Gasteiger partial charge in [0.2, 0.25) is 5.91 Å². The predicted molar refractivity (Wildman–Crippen MR) is 120 cm³/mol. The molecule has 2 amide bonds. The molecule has 31 heavy (non-hydrogen) atoms. The predicted octanol–water partition coefficient (Wildman–Crippen LogP) is 3.63. The Balaban J connectivity index is 1.58. The Bertz CT molecular complexity index is 1020. The van der Waals surface area contributed by atoms with Crippen LogP contribution in [0.3, 0.4) is 0 Å². The van der Waals surface area contributed by atoms with Crippen molar-refractivity contribution in [3.63, 3.8) is 0 Å². The van der Waals surface area contributed by atoms with Crippen LogP contribution in [-0.4, -0.2) is 58.0 Å². The second-order valence-corrected chi connectivity index (χ2v) is 8.01. The van der Waals surface area contributed by atoms with E-state index in [-0.39, 0.29) is 17.7 Å². The minimum Gasteiger partial charge on any atom is -0.341 e. The first kappa shape index (κ1) is 20.8. The van der Waals surface area contributed by atoms with E-state index in [4.69, 9.17) is 0 Å². The molecule has 0 saturated carbocycles. The summed E-state index contributed by atoms with van der Waals surface area (Å²) in [7, 11) is 0. The molecule has 1 N–H and O–H groups in total. The standard InChI is InChI=1S/C25H28N4O2/c1-2-13-28-14-15-29(25(31)23-11-12-26-27-23)18-22(24(28)30)17-19-7-6-10-21(16-19)20-8-4-3-5-9-20/h3-12,16,22H,2,13-15,17-18H2,1H3,(H,26,27)/t22-/m0/s1. The highest BCUT2D eigenvalue weighted by Gasteiger charge is 2.32. The summed E-state index contributed by atoms with van der Waals surface area (Å²) in [4.78, 5) is 30.0. The van der Waals surface area contributed by atoms with Crippen LogP contribution in [0.2, 0.25) is 0 Å². The van der Waals surface area contributed by atoms with Crippen molar-refractivity contribution in [1.82, 2.24) is 20.0 Å². The van der Waals surface area contributed by atoms with E-state index < -0.39 is 0 Å². The highest BCUT2D eigenvalue weighted by atomic mass is 16.2. The number of aromatic amines is 1. The zero-order valence-corrected chi connectivity index (χ0v) is 17.8. The minimum atomic E-state index is -0.271. The van der Waals surface area contributed by atoms with Gasteiger partial charge in [0.25, 0.3) is 5.91 Å². The molecule has 3 aromatic rings. The number of rotatable bonds is 6. The Labute approximate surface area is 182 Å². The van der Waals surface area contributed by atoms with Gasteiger partial charge in [-0.2, -0.15) is 5.10 Å². The zero-order valence-electron chi connectivity index (χ0n) is 17.8. The van der Waals surface area contributed by atoms with Gasteiger partial charge in [0.05, 0.1) is 5.92 Å². The second-order valence-electron chi connectivity index (χ2n) is 8.01. The highest BCUT2D eigenvalue weighted by Crippen LogP contribution is 2.23. The molecule has 0 radical (unpaired) electrons. The molecule has 0 spiro atoms. The van der Waals surface area contributed by atoms with Gasteiger partial charge in [0, 0.05) is 32.4 Å². The van der Waals surface area contributed by atoms with Gasteiger partial charge in [0.1, 0.15) is 5.69 Å². The maximum absolute atomic E-state index is 13.3. The van der Waals surface area contributed by atoms with Crippen molar-refractivity contribution in [3.8, 4) is 11.1 Å². The van der Waals surface area contributed by atoms with Crippen LogP contribution < -0.4 is 0 Å². The van der Waals surface area contributed by atoms with Crippen molar-refractivity contribution in [1.29, 1.82) is 0 Å². The van der Waals surface area contributed by atoms with E-state index in [9.17, 15) is 9.59 Å². The van der Waals surface area contributed by atoms with E-state index in [1.54, 1.807) is 17.2 Å². The summed E-state index contributed by atoms with van der Waals surface area (Å²) in [6, 6.07) is 20.3. The van der Waals surface area contributed by atoms with E-state index in [0.717, 1.165) is 23.1 Å². The smallest absolute Gasteiger partial charge is 0.271 e. The molecule has 1 atom stereocenters. The van der Waals surface area contributed by atoms with Crippen LogP contribution in [0.5, 0.6) is 0 Å². The van der Waals surface area contributed by atoms with Gasteiger partial charge in [-0.3, -0.25) is 14.7 Å². The molecule has 1 aliphatic heterocycles. The molecule has 1 fully saturated rings. The fraction of sp³-hybridized carbons (Fsp3) is 0.320. The molecule has 2 heterocycles. The Morgan fingerprint density at radius 3 is 2.61 bits per heavy atom. The number of carbonyl (C=O) groups is 2. The average Bonchev–Trinajstić information content (AvgIpc) is 3.30. The first-order valence-corrected chi connectivity index (χ1v) is 10.9. The summed E-state index contributed by atoms with van der Waals surface area (Å²) in [6.07, 6.45) is 3.08. The SMILES string of the molecule is CCCN1CCN(C(=O)c2ccn[nH]2)C[C@H](Cc2cccc(-c3ccccc3)c2)C1=O. The number of benzene rings is 2. The van der Waals surface area contributed by atoms with Gasteiger partial charge in [-0.15, -0.1) is 0 Å². The molecule has 1 saturated heterocycles. The number of nitrogens with one attached hydrogen (secondary N) is 1. The van der Waals surface area contributed by atoms with Crippen LogP contribution in [0.1, 0.15) is 29.4 Å². The number of hydrogen-bond acceptors (Lipinski definition) is 3. The lowest BCUT2D eigenvalue weighted by Gasteiger charge is -2.24. The van der Waals surface area contributed by atoms with Crippen LogP contribution in [0.25, 0.3) is 11.1 Å². The normalized spacial score (nSPS) is 16.9. The first-order chi connectivity index (χ1) is 15.2. The summed E-state index contributed by atoms with van der Waals surface area (Å²) >= 11 is 0. The molecule has 1 aromatic heterocycles. The number of amides is 2. The fourth-order valence-corrected chi connectivity index (χ4v) is 4.21. The zero-order chi connectivity index (χ0) is 21.6. The lowest BCUT2D eigenvalue weighted by molar-refractivity contribution is -0.134. The number of H-pyrrole nitrogens is 1. The topological polar surface area (TPSA) is 69.3 Å². The van der Waals surface area contributed by atoms with Crippen LogP contribution in [-0.2, 0) is 11.2 Å². The summed E-state index contributed by atoms with van der Waals surface area (Å²) in [5.41, 5.74) is 3.85. The van der Waals surface area contributed by atoms with Crippen LogP contribution >= 0.6 is 0 Å². The van der Waals surface area contributed by atoms with Crippen LogP contribution in [0.15, 0.2) is 66.9 Å². The van der Waals surface area contributed by atoms with Crippen molar-refractivity contribution < 1.29 is 9.59 Å². The molecule has 1 aliphatic rings. The summed E-state index contributed by atoms with van der Waals surface area (Å²) < 4.78 is 0. The van der Waals surface area contributed by atoms with E-state index in [2.05, 4.69) is 47.5 Å². The highest BCUT2D eigenvalue weighted by molar-refractivity contribution is 5.93. The molecule has 0 bridgehead atoms. The lowest BCUT2D eigenvalue weighted by Crippen LogP contribution is -2.38. The molecule has 6 heteroatoms. The van der Waals surface area contributed by atoms with Crippen molar-refractivity contribution in [2.45, 2.75) is 19.8 Å². The lowest BCUT2D eigenvalue weighted by atomic mass is 9.94. The Hall–Kier alpha value is -3.41. The van der Waals surface area contributed by atoms with E-state index in [1.165, 1.54) is 0 Å². The Kier molecular flexibility index (Phi) is 6.46. The first-order valence-electron chi connectivity index (χ1n) is 10.9. The molecule has 4 rings (SSSR count). The number of carbonyl (C=O) groups excluding carboxylic acids is 2. The molecule has 0 aliphatic carbocycles. The molecule has 0 unspecified atom stereocenters. The van der Waals surface area contributed by atoms with Gasteiger partial charge in [-0.05, 0) is 35.6 Å². The van der Waals surface area contributed by atoms with Gasteiger partial charge in [-0.1, -0.05) is 61.5 Å². The van der Waals surface area contributed by atoms with E-state index >= 15 is 0 Å². The van der Waals surface area contributed by atoms with Gasteiger partial charge in [0.15, 0.2) is 0 Å². The van der Waals surface area contributed by atoms with Crippen LogP contribution in [0, 0.1) is 5.92 Å². The average molecular weight is 417 g/mol. The summed E-state index contributed by atoms with van der Waals surface area (Å²) in [6.45, 7) is 4.29. The van der Waals surface area contributed by atoms with E-state index in [1.807, 2.05) is 29.2 Å². The maximum atomic E-state index is 13.3. The quantitative estimate of drug-likeness (QED) is 0.667. The van der Waals surface area contributed by atoms with Gasteiger partial charge >= 0.3 is 0 Å². The maximum Gasteiger partial charge on any atom is 0.271 e. The van der Waals surface area contributed by atoms with E-state index in [0.29, 0.717) is 38.3 Å². The van der Waals surface area contributed by atoms with Gasteiger partial charge in [-0.25, -0.2) is 0 Å². The third kappa shape index (κ3) is 4.85. The van der Waals surface area contributed by atoms with Crippen molar-refractivity contribution in [3.05, 3.63) is 78.1 Å². The third-order valence-electron chi connectivity index (χ3n) is 5.77. The minimum absolute atomic E-state index is 0.105. The number of nitrogens with zero attached hydrogens (tertiary/aromatic N) is 3. The molecule has 160 valence electrons. The number of aromatic nitrogens is 2. The molecule has 2 aromatic carbocycles. The van der Waals surface area contributed by atoms with Crippen molar-refractivity contribution >= 4 is 11.8 Å². The molecular weight excluding hydrogens is 388 g/mol. The Morgan fingerprint density at radius 2 is 1.87 bits per heavy atom. The fourth-order valence-electron chi connectivity index (χ4n) is 4.21. The van der Waals surface area contributed by atoms with Crippen molar-refractivity contribution in [2.24, 2.45) is 5.92 Å².